The first-order valence-electron chi connectivity index (χ1n) is 7.73. The lowest BCUT2D eigenvalue weighted by Gasteiger charge is -2.28. The van der Waals surface area contributed by atoms with Crippen LogP contribution in [-0.2, 0) is 10.2 Å². The summed E-state index contributed by atoms with van der Waals surface area (Å²) in [4.78, 5) is 13.9. The number of nitrogens with zero attached hydrogens (tertiary/aromatic N) is 1. The first kappa shape index (κ1) is 16.9. The lowest BCUT2D eigenvalue weighted by Crippen LogP contribution is -2.39. The summed E-state index contributed by atoms with van der Waals surface area (Å²) in [5.74, 6) is 0.467. The molecule has 0 radical (unpaired) electrons. The molecule has 1 aromatic rings. The van der Waals surface area contributed by atoms with E-state index in [-0.39, 0.29) is 30.0 Å². The Balaban J connectivity index is 1.74. The molecular formula is C17H21Cl2NO3. The quantitative estimate of drug-likeness (QED) is 0.877. The minimum Gasteiger partial charge on any atom is -0.444 e. The number of aliphatic hydroxyl groups is 1. The molecule has 6 heteroatoms. The Morgan fingerprint density at radius 3 is 2.39 bits per heavy atom. The number of fused-ring (bicyclic) bond motifs is 1. The minimum absolute atomic E-state index is 0.0441. The summed E-state index contributed by atoms with van der Waals surface area (Å²) < 4.78 is 5.42. The molecule has 23 heavy (non-hydrogen) atoms. The predicted octanol–water partition coefficient (Wildman–Crippen LogP) is 3.72. The summed E-state index contributed by atoms with van der Waals surface area (Å²) >= 11 is 12.1. The molecule has 1 unspecified atom stereocenters. The van der Waals surface area contributed by atoms with Crippen LogP contribution >= 0.6 is 23.2 Å². The highest BCUT2D eigenvalue weighted by molar-refractivity contribution is 6.42. The van der Waals surface area contributed by atoms with Crippen LogP contribution in [0.15, 0.2) is 18.2 Å². The topological polar surface area (TPSA) is 49.8 Å². The third-order valence-electron chi connectivity index (χ3n) is 4.90. The molecule has 1 amide bonds. The summed E-state index contributed by atoms with van der Waals surface area (Å²) in [6.07, 6.45) is -0.286. The van der Waals surface area contributed by atoms with Crippen LogP contribution in [0.5, 0.6) is 0 Å². The van der Waals surface area contributed by atoms with Crippen molar-refractivity contribution in [2.75, 3.05) is 19.7 Å². The normalized spacial score (nSPS) is 29.4. The van der Waals surface area contributed by atoms with Crippen LogP contribution in [0.1, 0.15) is 26.3 Å². The van der Waals surface area contributed by atoms with E-state index in [1.165, 1.54) is 0 Å². The van der Waals surface area contributed by atoms with Gasteiger partial charge < -0.3 is 14.7 Å². The molecule has 1 aromatic carbocycles. The molecular weight excluding hydrogens is 337 g/mol. The number of ether oxygens (including phenoxy) is 1. The molecule has 126 valence electrons. The number of rotatable bonds is 2. The maximum absolute atomic E-state index is 12.2. The van der Waals surface area contributed by atoms with Crippen LogP contribution in [-0.4, -0.2) is 41.4 Å². The molecule has 4 nitrogen and oxygen atoms in total. The maximum Gasteiger partial charge on any atom is 0.410 e. The van der Waals surface area contributed by atoms with Crippen LogP contribution in [0.25, 0.3) is 0 Å². The number of hydrogen-bond acceptors (Lipinski definition) is 3. The molecule has 1 aliphatic carbocycles. The molecule has 0 bridgehead atoms. The van der Waals surface area contributed by atoms with Crippen LogP contribution in [0.2, 0.25) is 10.0 Å². The zero-order valence-electron chi connectivity index (χ0n) is 13.5. The van der Waals surface area contributed by atoms with Gasteiger partial charge in [0.05, 0.1) is 16.7 Å². The van der Waals surface area contributed by atoms with Crippen molar-refractivity contribution in [1.29, 1.82) is 0 Å². The summed E-state index contributed by atoms with van der Waals surface area (Å²) in [7, 11) is 0. The highest BCUT2D eigenvalue weighted by Gasteiger charge is 2.69. The van der Waals surface area contributed by atoms with Crippen LogP contribution in [0.4, 0.5) is 4.79 Å². The van der Waals surface area contributed by atoms with Gasteiger partial charge in [-0.2, -0.15) is 0 Å². The van der Waals surface area contributed by atoms with Gasteiger partial charge in [0.15, 0.2) is 0 Å². The van der Waals surface area contributed by atoms with Crippen LogP contribution in [0.3, 0.4) is 0 Å². The van der Waals surface area contributed by atoms with E-state index >= 15 is 0 Å². The smallest absolute Gasteiger partial charge is 0.410 e. The number of amides is 1. The summed E-state index contributed by atoms with van der Waals surface area (Å²) in [6.45, 7) is 6.81. The molecule has 1 heterocycles. The van der Waals surface area contributed by atoms with Crippen LogP contribution in [0, 0.1) is 11.8 Å². The van der Waals surface area contributed by atoms with E-state index in [4.69, 9.17) is 27.9 Å². The van der Waals surface area contributed by atoms with E-state index in [1.54, 1.807) is 11.0 Å². The van der Waals surface area contributed by atoms with Gasteiger partial charge in [0.1, 0.15) is 5.60 Å². The van der Waals surface area contributed by atoms with E-state index in [0.29, 0.717) is 23.1 Å². The van der Waals surface area contributed by atoms with Crippen molar-refractivity contribution in [3.63, 3.8) is 0 Å². The predicted molar refractivity (Wildman–Crippen MR) is 90.0 cm³/mol. The summed E-state index contributed by atoms with van der Waals surface area (Å²) in [5.41, 5.74) is 0.183. The number of piperidine rings is 1. The van der Waals surface area contributed by atoms with Crippen molar-refractivity contribution < 1.29 is 14.6 Å². The van der Waals surface area contributed by atoms with Crippen molar-refractivity contribution in [3.05, 3.63) is 33.8 Å². The number of carbonyl (C=O) groups is 1. The van der Waals surface area contributed by atoms with E-state index in [2.05, 4.69) is 0 Å². The fourth-order valence-corrected chi connectivity index (χ4v) is 4.05. The first-order chi connectivity index (χ1) is 10.7. The average molecular weight is 358 g/mol. The Morgan fingerprint density at radius 1 is 1.30 bits per heavy atom. The number of hydrogen-bond donors (Lipinski definition) is 1. The Hall–Kier alpha value is -0.970. The van der Waals surface area contributed by atoms with E-state index in [9.17, 15) is 9.90 Å². The second-order valence-corrected chi connectivity index (χ2v) is 8.24. The second kappa shape index (κ2) is 5.54. The molecule has 3 atom stereocenters. The largest absolute Gasteiger partial charge is 0.444 e. The van der Waals surface area contributed by atoms with Gasteiger partial charge in [0.25, 0.3) is 0 Å². The zero-order valence-corrected chi connectivity index (χ0v) is 15.0. The van der Waals surface area contributed by atoms with Crippen LogP contribution < -0.4 is 0 Å². The molecule has 3 rings (SSSR count). The number of carbonyl (C=O) groups excluding carboxylic acids is 1. The fraction of sp³-hybridized carbons (Fsp3) is 0.588. The lowest BCUT2D eigenvalue weighted by atomic mass is 9.91. The number of halogens is 2. The Kier molecular flexibility index (Phi) is 4.06. The number of benzene rings is 1. The van der Waals surface area contributed by atoms with Gasteiger partial charge in [0, 0.05) is 18.5 Å². The van der Waals surface area contributed by atoms with Crippen molar-refractivity contribution >= 4 is 29.3 Å². The van der Waals surface area contributed by atoms with Crippen molar-refractivity contribution in [3.8, 4) is 0 Å². The molecule has 2 fully saturated rings. The first-order valence-corrected chi connectivity index (χ1v) is 8.49. The SMILES string of the molecule is CC(C)(C)OC(=O)N1C[C@@H]2[C@H](C1)C2(CO)c1ccc(Cl)c(Cl)c1. The molecule has 1 saturated carbocycles. The molecule has 2 aliphatic rings. The van der Waals surface area contributed by atoms with Gasteiger partial charge in [-0.3, -0.25) is 0 Å². The van der Waals surface area contributed by atoms with Crippen molar-refractivity contribution in [1.82, 2.24) is 4.90 Å². The van der Waals surface area contributed by atoms with E-state index < -0.39 is 5.60 Å². The third-order valence-corrected chi connectivity index (χ3v) is 5.64. The van der Waals surface area contributed by atoms with Crippen molar-refractivity contribution in [2.24, 2.45) is 11.8 Å². The Bertz CT molecular complexity index is 629. The highest BCUT2D eigenvalue weighted by atomic mass is 35.5. The van der Waals surface area contributed by atoms with Gasteiger partial charge in [-0.1, -0.05) is 29.3 Å². The molecule has 1 N–H and O–H groups in total. The van der Waals surface area contributed by atoms with Gasteiger partial charge in [-0.25, -0.2) is 4.79 Å². The molecule has 1 aliphatic heterocycles. The van der Waals surface area contributed by atoms with Gasteiger partial charge in [0.2, 0.25) is 0 Å². The number of aliphatic hydroxyl groups excluding tert-OH is 1. The second-order valence-electron chi connectivity index (χ2n) is 7.43. The fourth-order valence-electron chi connectivity index (χ4n) is 3.75. The monoisotopic (exact) mass is 357 g/mol. The maximum atomic E-state index is 12.2. The Labute approximate surface area is 146 Å². The Morgan fingerprint density at radius 2 is 1.91 bits per heavy atom. The standard InChI is InChI=1S/C17H21Cl2NO3/c1-16(2,3)23-15(22)20-7-11-12(8-20)17(11,9-21)10-4-5-13(18)14(19)6-10/h4-6,11-12,21H,7-9H2,1-3H3/t11-,12+,17?. The van der Waals surface area contributed by atoms with Gasteiger partial charge >= 0.3 is 6.09 Å². The van der Waals surface area contributed by atoms with E-state index in [0.717, 1.165) is 5.56 Å². The van der Waals surface area contributed by atoms with Gasteiger partial charge in [-0.15, -0.1) is 0 Å². The minimum atomic E-state index is -0.498. The highest BCUT2D eigenvalue weighted by Crippen LogP contribution is 2.63. The van der Waals surface area contributed by atoms with Crippen molar-refractivity contribution in [2.45, 2.75) is 31.8 Å². The summed E-state index contributed by atoms with van der Waals surface area (Å²) in [6, 6.07) is 5.51. The van der Waals surface area contributed by atoms with E-state index in [1.807, 2.05) is 32.9 Å². The molecule has 0 spiro atoms. The molecule has 0 aromatic heterocycles. The third kappa shape index (κ3) is 2.81. The average Bonchev–Trinajstić information content (AvgIpc) is 2.84. The summed E-state index contributed by atoms with van der Waals surface area (Å²) in [5, 5.41) is 11.0. The lowest BCUT2D eigenvalue weighted by molar-refractivity contribution is 0.0252. The van der Waals surface area contributed by atoms with Gasteiger partial charge in [-0.05, 0) is 50.3 Å². The number of likely N-dealkylation sites (tertiary alicyclic amines) is 1. The zero-order chi connectivity index (χ0) is 17.0. The molecule has 1 saturated heterocycles.